The molecule has 0 unspecified atom stereocenters. The van der Waals surface area contributed by atoms with Crippen LogP contribution in [0, 0.1) is 11.8 Å². The minimum absolute atomic E-state index is 0.0602. The van der Waals surface area contributed by atoms with Gasteiger partial charge in [-0.2, -0.15) is 0 Å². The van der Waals surface area contributed by atoms with E-state index in [2.05, 4.69) is 20.7 Å². The van der Waals surface area contributed by atoms with E-state index in [0.717, 1.165) is 25.7 Å². The van der Waals surface area contributed by atoms with E-state index in [1.807, 2.05) is 0 Å². The molecule has 0 radical (unpaired) electrons. The molecule has 5 aliphatic rings. The maximum atomic E-state index is 14.2. The van der Waals surface area contributed by atoms with Gasteiger partial charge in [-0.3, -0.25) is 19.1 Å². The molecule has 5 rings (SSSR count). The van der Waals surface area contributed by atoms with Crippen LogP contribution in [-0.2, 0) is 38.6 Å². The van der Waals surface area contributed by atoms with E-state index in [1.165, 1.54) is 11.3 Å². The number of nitrogens with zero attached hydrogens (tertiary/aromatic N) is 1. The Hall–Kier alpha value is -3.40. The molecule has 0 spiro atoms. The standard InChI is InChI=1S/C33H51N5O10S/c1-32(2,3)48-31(43)35-25-12-8-16-46-15-7-11-22-18-33(22,29(41)37-49(44,45)24-13-14-24)36-27(39)26-17-23(20-38(26)28(25)40)47-30(42)34-19-21-9-5-4-6-10-21/h7,11,21-26H,4-6,8-10,12-20H2,1-3H3,(H,34,42)(H,35,43)(H,36,39)(H,37,41)/b11-7-/t22-,23-,25+,26+,33-/m1/s1. The number of rotatable bonds is 7. The van der Waals surface area contributed by atoms with Gasteiger partial charge < -0.3 is 35.1 Å². The van der Waals surface area contributed by atoms with E-state index in [1.54, 1.807) is 32.9 Å². The van der Waals surface area contributed by atoms with Crippen molar-refractivity contribution < 1.29 is 46.6 Å². The molecule has 49 heavy (non-hydrogen) atoms. The molecule has 15 nitrogen and oxygen atoms in total. The van der Waals surface area contributed by atoms with E-state index in [4.69, 9.17) is 14.2 Å². The Bertz CT molecular complexity index is 1400. The summed E-state index contributed by atoms with van der Waals surface area (Å²) in [6.07, 6.45) is 8.14. The smallest absolute Gasteiger partial charge is 0.408 e. The summed E-state index contributed by atoms with van der Waals surface area (Å²) in [5.74, 6) is -2.27. The summed E-state index contributed by atoms with van der Waals surface area (Å²) in [5, 5.41) is 7.58. The molecule has 2 heterocycles. The van der Waals surface area contributed by atoms with Gasteiger partial charge in [0.1, 0.15) is 29.3 Å². The summed E-state index contributed by atoms with van der Waals surface area (Å²) in [4.78, 5) is 68.6. The fraction of sp³-hybridized carbons (Fsp3) is 0.788. The first kappa shape index (κ1) is 36.9. The van der Waals surface area contributed by atoms with E-state index in [9.17, 15) is 32.4 Å². The first-order chi connectivity index (χ1) is 23.2. The van der Waals surface area contributed by atoms with Gasteiger partial charge in [0.25, 0.3) is 5.91 Å². The normalized spacial score (nSPS) is 30.7. The SMILES string of the molecule is CC(C)(C)OC(=O)N[C@H]1CCCOC/C=C\[C@@H]2C[C@@]2(C(=O)NS(=O)(=O)C2CC2)NC(=O)[C@@H]2C[C@@H](OC(=O)NCC3CCCCC3)CN2C1=O. The number of fused-ring (bicyclic) bond motifs is 2. The molecule has 0 aromatic heterocycles. The van der Waals surface area contributed by atoms with Crippen LogP contribution in [0.3, 0.4) is 0 Å². The third-order valence-corrected chi connectivity index (χ3v) is 11.5. The zero-order valence-corrected chi connectivity index (χ0v) is 29.5. The lowest BCUT2D eigenvalue weighted by molar-refractivity contribution is -0.141. The molecular formula is C33H51N5O10S. The van der Waals surface area contributed by atoms with Crippen molar-refractivity contribution in [3.63, 3.8) is 0 Å². The molecule has 16 heteroatoms. The highest BCUT2D eigenvalue weighted by atomic mass is 32.2. The van der Waals surface area contributed by atoms with Crippen molar-refractivity contribution in [2.75, 3.05) is 26.3 Å². The van der Waals surface area contributed by atoms with E-state index >= 15 is 0 Å². The minimum atomic E-state index is -3.91. The molecule has 0 bridgehead atoms. The predicted octanol–water partition coefficient (Wildman–Crippen LogP) is 2.01. The highest BCUT2D eigenvalue weighted by molar-refractivity contribution is 7.91. The summed E-state index contributed by atoms with van der Waals surface area (Å²) in [7, 11) is -3.91. The second-order valence-electron chi connectivity index (χ2n) is 14.9. The van der Waals surface area contributed by atoms with Crippen LogP contribution in [0.15, 0.2) is 12.2 Å². The van der Waals surface area contributed by atoms with E-state index < -0.39 is 80.4 Å². The van der Waals surface area contributed by atoms with Gasteiger partial charge in [-0.15, -0.1) is 0 Å². The monoisotopic (exact) mass is 709 g/mol. The fourth-order valence-electron chi connectivity index (χ4n) is 6.82. The molecule has 0 aromatic rings. The molecule has 5 amide bonds. The molecule has 274 valence electrons. The number of sulfonamides is 1. The average molecular weight is 710 g/mol. The first-order valence-electron chi connectivity index (χ1n) is 17.5. The quantitative estimate of drug-likeness (QED) is 0.284. The van der Waals surface area contributed by atoms with Gasteiger partial charge in [-0.25, -0.2) is 18.0 Å². The van der Waals surface area contributed by atoms with E-state index in [-0.39, 0.29) is 39.0 Å². The zero-order valence-electron chi connectivity index (χ0n) is 28.7. The van der Waals surface area contributed by atoms with Crippen molar-refractivity contribution >= 4 is 39.9 Å². The summed E-state index contributed by atoms with van der Waals surface area (Å²) in [6.45, 7) is 5.88. The lowest BCUT2D eigenvalue weighted by Gasteiger charge is -2.30. The number of ether oxygens (including phenoxy) is 3. The topological polar surface area (TPSA) is 199 Å². The Morgan fingerprint density at radius 1 is 1.04 bits per heavy atom. The van der Waals surface area contributed by atoms with Crippen molar-refractivity contribution in [3.8, 4) is 0 Å². The summed E-state index contributed by atoms with van der Waals surface area (Å²) in [5.41, 5.74) is -2.39. The summed E-state index contributed by atoms with van der Waals surface area (Å²) < 4.78 is 44.3. The number of hydrogen-bond acceptors (Lipinski definition) is 10. The zero-order chi connectivity index (χ0) is 35.4. The van der Waals surface area contributed by atoms with Crippen molar-refractivity contribution in [1.82, 2.24) is 25.6 Å². The van der Waals surface area contributed by atoms with Crippen molar-refractivity contribution in [2.45, 2.75) is 126 Å². The number of carbonyl (C=O) groups excluding carboxylic acids is 5. The largest absolute Gasteiger partial charge is 0.444 e. The average Bonchev–Trinajstić information content (AvgIpc) is 3.95. The number of alkyl carbamates (subject to hydrolysis) is 2. The lowest BCUT2D eigenvalue weighted by Crippen LogP contribution is -2.58. The van der Waals surface area contributed by atoms with Gasteiger partial charge in [-0.1, -0.05) is 31.4 Å². The van der Waals surface area contributed by atoms with Crippen LogP contribution in [0.4, 0.5) is 9.59 Å². The van der Waals surface area contributed by atoms with E-state index in [0.29, 0.717) is 31.7 Å². The van der Waals surface area contributed by atoms with Crippen LogP contribution in [0.25, 0.3) is 0 Å². The maximum absolute atomic E-state index is 14.2. The Balaban J connectivity index is 1.36. The lowest BCUT2D eigenvalue weighted by atomic mass is 9.89. The number of nitrogens with one attached hydrogen (secondary N) is 4. The second kappa shape index (κ2) is 15.2. The highest BCUT2D eigenvalue weighted by Crippen LogP contribution is 2.46. The number of hydrogen-bond donors (Lipinski definition) is 4. The Morgan fingerprint density at radius 3 is 2.47 bits per heavy atom. The molecule has 1 saturated heterocycles. The second-order valence-corrected chi connectivity index (χ2v) is 16.9. The fourth-order valence-corrected chi connectivity index (χ4v) is 8.19. The number of amides is 5. The van der Waals surface area contributed by atoms with Crippen LogP contribution in [-0.4, -0.2) is 104 Å². The third-order valence-electron chi connectivity index (χ3n) is 9.70. The van der Waals surface area contributed by atoms with Crippen molar-refractivity contribution in [3.05, 3.63) is 12.2 Å². The highest BCUT2D eigenvalue weighted by Gasteiger charge is 2.62. The Morgan fingerprint density at radius 2 is 1.78 bits per heavy atom. The molecule has 4 fully saturated rings. The van der Waals surface area contributed by atoms with Gasteiger partial charge in [0, 0.05) is 25.5 Å². The van der Waals surface area contributed by atoms with Crippen molar-refractivity contribution in [1.29, 1.82) is 0 Å². The summed E-state index contributed by atoms with van der Waals surface area (Å²) in [6, 6.07) is -2.27. The molecule has 3 saturated carbocycles. The molecule has 3 aliphatic carbocycles. The van der Waals surface area contributed by atoms with Crippen LogP contribution >= 0.6 is 0 Å². The van der Waals surface area contributed by atoms with Crippen LogP contribution in [0.5, 0.6) is 0 Å². The van der Waals surface area contributed by atoms with Gasteiger partial charge in [-0.05, 0) is 71.6 Å². The molecule has 5 atom stereocenters. The Labute approximate surface area is 288 Å². The number of carbonyl (C=O) groups is 5. The van der Waals surface area contributed by atoms with Gasteiger partial charge in [0.15, 0.2) is 0 Å². The van der Waals surface area contributed by atoms with Crippen LogP contribution < -0.4 is 20.7 Å². The molecule has 4 N–H and O–H groups in total. The Kier molecular flexibility index (Phi) is 11.5. The molecular weight excluding hydrogens is 658 g/mol. The van der Waals surface area contributed by atoms with Gasteiger partial charge >= 0.3 is 12.2 Å². The minimum Gasteiger partial charge on any atom is -0.444 e. The first-order valence-corrected chi connectivity index (χ1v) is 19.1. The maximum Gasteiger partial charge on any atom is 0.408 e. The van der Waals surface area contributed by atoms with Gasteiger partial charge in [0.05, 0.1) is 18.4 Å². The van der Waals surface area contributed by atoms with Crippen LogP contribution in [0.1, 0.15) is 91.4 Å². The molecule has 0 aromatic carbocycles. The van der Waals surface area contributed by atoms with Crippen molar-refractivity contribution in [2.24, 2.45) is 11.8 Å². The summed E-state index contributed by atoms with van der Waals surface area (Å²) >= 11 is 0. The molecule has 2 aliphatic heterocycles. The third kappa shape index (κ3) is 9.86. The van der Waals surface area contributed by atoms with Crippen LogP contribution in [0.2, 0.25) is 0 Å². The van der Waals surface area contributed by atoms with Gasteiger partial charge in [0.2, 0.25) is 21.8 Å². The predicted molar refractivity (Wildman–Crippen MR) is 176 cm³/mol.